The fourth-order valence-corrected chi connectivity index (χ4v) is 1.56. The molecule has 11 heavy (non-hydrogen) atoms. The van der Waals surface area contributed by atoms with Gasteiger partial charge in [0.2, 0.25) is 5.95 Å². The van der Waals surface area contributed by atoms with Gasteiger partial charge in [-0.05, 0) is 34.6 Å². The molecule has 3 heteroatoms. The van der Waals surface area contributed by atoms with E-state index in [-0.39, 0.29) is 0 Å². The van der Waals surface area contributed by atoms with Gasteiger partial charge in [0.05, 0.1) is 0 Å². The zero-order valence-corrected chi connectivity index (χ0v) is 8.43. The van der Waals surface area contributed by atoms with E-state index in [9.17, 15) is 4.39 Å². The molecule has 0 unspecified atom stereocenters. The van der Waals surface area contributed by atoms with Crippen molar-refractivity contribution in [2.45, 2.75) is 19.8 Å². The van der Waals surface area contributed by atoms with Crippen LogP contribution in [0.25, 0.3) is 0 Å². The first kappa shape index (κ1) is 8.90. The van der Waals surface area contributed by atoms with E-state index in [0.717, 1.165) is 22.0 Å². The highest BCUT2D eigenvalue weighted by Crippen LogP contribution is 2.13. The molecule has 1 nitrogen and oxygen atoms in total. The first-order chi connectivity index (χ1) is 5.24. The topological polar surface area (TPSA) is 12.9 Å². The van der Waals surface area contributed by atoms with E-state index >= 15 is 0 Å². The summed E-state index contributed by atoms with van der Waals surface area (Å²) in [7, 11) is 0. The number of hydrogen-bond donors (Lipinski definition) is 0. The van der Waals surface area contributed by atoms with Gasteiger partial charge in [-0.1, -0.05) is 13.3 Å². The number of rotatable bonds is 2. The lowest BCUT2D eigenvalue weighted by Crippen LogP contribution is -1.92. The van der Waals surface area contributed by atoms with Gasteiger partial charge in [-0.25, -0.2) is 4.98 Å². The molecule has 1 aromatic heterocycles. The lowest BCUT2D eigenvalue weighted by molar-refractivity contribution is 0.580. The number of hydrogen-bond acceptors (Lipinski definition) is 1. The molecule has 0 amide bonds. The van der Waals surface area contributed by atoms with E-state index in [2.05, 4.69) is 34.5 Å². The fourth-order valence-electron chi connectivity index (χ4n) is 0.889. The van der Waals surface area contributed by atoms with E-state index < -0.39 is 5.95 Å². The van der Waals surface area contributed by atoms with Crippen LogP contribution in [0.4, 0.5) is 4.39 Å². The molecule has 1 rings (SSSR count). The maximum atomic E-state index is 12.5. The van der Waals surface area contributed by atoms with Crippen LogP contribution in [-0.4, -0.2) is 4.98 Å². The summed E-state index contributed by atoms with van der Waals surface area (Å²) in [6.07, 6.45) is 3.66. The maximum absolute atomic E-state index is 12.5. The lowest BCUT2D eigenvalue weighted by Gasteiger charge is -2.00. The molecule has 0 radical (unpaired) electrons. The molecule has 0 aromatic carbocycles. The van der Waals surface area contributed by atoms with Gasteiger partial charge in [-0.3, -0.25) is 0 Å². The summed E-state index contributed by atoms with van der Waals surface area (Å²) >= 11 is 2.13. The highest BCUT2D eigenvalue weighted by atomic mass is 127. The molecular weight excluding hydrogens is 256 g/mol. The van der Waals surface area contributed by atoms with Crippen molar-refractivity contribution in [3.63, 3.8) is 0 Å². The monoisotopic (exact) mass is 265 g/mol. The average molecular weight is 265 g/mol. The Balaban J connectivity index is 2.90. The SMILES string of the molecule is CCCc1cnc(F)cc1I. The standard InChI is InChI=1S/C8H9FIN/c1-2-3-6-5-11-8(9)4-7(6)10/h4-5H,2-3H2,1H3. The molecule has 0 aliphatic carbocycles. The smallest absolute Gasteiger partial charge is 0.213 e. The van der Waals surface area contributed by atoms with Crippen LogP contribution in [0.1, 0.15) is 18.9 Å². The maximum Gasteiger partial charge on any atom is 0.213 e. The van der Waals surface area contributed by atoms with Crippen molar-refractivity contribution in [3.05, 3.63) is 27.3 Å². The predicted molar refractivity (Wildman–Crippen MR) is 50.9 cm³/mol. The second kappa shape index (κ2) is 3.99. The number of aromatic nitrogens is 1. The van der Waals surface area contributed by atoms with Crippen molar-refractivity contribution >= 4 is 22.6 Å². The normalized spacial score (nSPS) is 10.1. The van der Waals surface area contributed by atoms with Crippen molar-refractivity contribution in [2.24, 2.45) is 0 Å². The van der Waals surface area contributed by atoms with E-state index in [0.29, 0.717) is 0 Å². The molecule has 0 spiro atoms. The first-order valence-electron chi connectivity index (χ1n) is 3.54. The zero-order valence-electron chi connectivity index (χ0n) is 6.27. The highest BCUT2D eigenvalue weighted by Gasteiger charge is 2.00. The Labute approximate surface area is 79.2 Å². The van der Waals surface area contributed by atoms with Crippen molar-refractivity contribution < 1.29 is 4.39 Å². The zero-order chi connectivity index (χ0) is 8.27. The third-order valence-corrected chi connectivity index (χ3v) is 2.42. The molecule has 0 N–H and O–H groups in total. The molecule has 0 bridgehead atoms. The van der Waals surface area contributed by atoms with Crippen molar-refractivity contribution in [1.82, 2.24) is 4.98 Å². The quantitative estimate of drug-likeness (QED) is 0.592. The third kappa shape index (κ3) is 2.39. The lowest BCUT2D eigenvalue weighted by atomic mass is 10.2. The van der Waals surface area contributed by atoms with Gasteiger partial charge < -0.3 is 0 Å². The minimum atomic E-state index is -0.394. The van der Waals surface area contributed by atoms with Crippen LogP contribution in [0, 0.1) is 9.52 Å². The Morgan fingerprint density at radius 3 is 2.91 bits per heavy atom. The van der Waals surface area contributed by atoms with Crippen LogP contribution in [0.2, 0.25) is 0 Å². The minimum absolute atomic E-state index is 0.394. The van der Waals surface area contributed by atoms with E-state index in [1.807, 2.05) is 0 Å². The molecule has 0 saturated heterocycles. The molecular formula is C8H9FIN. The minimum Gasteiger partial charge on any atom is -0.228 e. The molecule has 60 valence electrons. The summed E-state index contributed by atoms with van der Waals surface area (Å²) in [6, 6.07) is 1.46. The molecule has 0 aliphatic heterocycles. The van der Waals surface area contributed by atoms with E-state index in [1.165, 1.54) is 6.07 Å². The summed E-state index contributed by atoms with van der Waals surface area (Å²) in [5.74, 6) is -0.394. The van der Waals surface area contributed by atoms with Crippen molar-refractivity contribution in [3.8, 4) is 0 Å². The number of pyridine rings is 1. The number of aryl methyl sites for hydroxylation is 1. The Kier molecular flexibility index (Phi) is 3.23. The van der Waals surface area contributed by atoms with Gasteiger partial charge in [0.1, 0.15) is 0 Å². The van der Waals surface area contributed by atoms with Gasteiger partial charge in [0.15, 0.2) is 0 Å². The molecule has 1 heterocycles. The fraction of sp³-hybridized carbons (Fsp3) is 0.375. The number of nitrogens with zero attached hydrogens (tertiary/aromatic N) is 1. The van der Waals surface area contributed by atoms with Crippen LogP contribution in [-0.2, 0) is 6.42 Å². The van der Waals surface area contributed by atoms with Crippen LogP contribution in [0.3, 0.4) is 0 Å². The molecule has 1 aromatic rings. The average Bonchev–Trinajstić information content (AvgIpc) is 1.95. The van der Waals surface area contributed by atoms with Crippen molar-refractivity contribution in [1.29, 1.82) is 0 Å². The van der Waals surface area contributed by atoms with Crippen LogP contribution < -0.4 is 0 Å². The van der Waals surface area contributed by atoms with Gasteiger partial charge in [-0.2, -0.15) is 4.39 Å². The second-order valence-corrected chi connectivity index (χ2v) is 3.51. The largest absolute Gasteiger partial charge is 0.228 e. The summed E-state index contributed by atoms with van der Waals surface area (Å²) < 4.78 is 13.4. The first-order valence-corrected chi connectivity index (χ1v) is 4.62. The van der Waals surface area contributed by atoms with Crippen molar-refractivity contribution in [2.75, 3.05) is 0 Å². The Morgan fingerprint density at radius 2 is 2.36 bits per heavy atom. The van der Waals surface area contributed by atoms with Crippen LogP contribution in [0.15, 0.2) is 12.3 Å². The van der Waals surface area contributed by atoms with Gasteiger partial charge >= 0.3 is 0 Å². The van der Waals surface area contributed by atoms with Gasteiger partial charge in [0, 0.05) is 15.8 Å². The Bertz CT molecular complexity index is 250. The van der Waals surface area contributed by atoms with Gasteiger partial charge in [0.25, 0.3) is 0 Å². The van der Waals surface area contributed by atoms with E-state index in [4.69, 9.17) is 0 Å². The molecule has 0 fully saturated rings. The third-order valence-electron chi connectivity index (χ3n) is 1.42. The summed E-state index contributed by atoms with van der Waals surface area (Å²) in [5.41, 5.74) is 1.13. The summed E-state index contributed by atoms with van der Waals surface area (Å²) in [4.78, 5) is 3.59. The molecule has 0 aliphatic rings. The van der Waals surface area contributed by atoms with Crippen LogP contribution >= 0.6 is 22.6 Å². The van der Waals surface area contributed by atoms with E-state index in [1.54, 1.807) is 6.20 Å². The predicted octanol–water partition coefficient (Wildman–Crippen LogP) is 2.78. The molecule has 0 saturated carbocycles. The summed E-state index contributed by atoms with van der Waals surface area (Å²) in [6.45, 7) is 2.10. The Morgan fingerprint density at radius 1 is 1.64 bits per heavy atom. The Hall–Kier alpha value is -0.190. The second-order valence-electron chi connectivity index (χ2n) is 2.35. The highest BCUT2D eigenvalue weighted by molar-refractivity contribution is 14.1. The van der Waals surface area contributed by atoms with Gasteiger partial charge in [-0.15, -0.1) is 0 Å². The number of halogens is 2. The van der Waals surface area contributed by atoms with Crippen LogP contribution in [0.5, 0.6) is 0 Å². The molecule has 0 atom stereocenters. The summed E-state index contributed by atoms with van der Waals surface area (Å²) in [5, 5.41) is 0.